The van der Waals surface area contributed by atoms with Crippen LogP contribution in [0, 0.1) is 17.2 Å². The predicted molar refractivity (Wildman–Crippen MR) is 99.0 cm³/mol. The Morgan fingerprint density at radius 3 is 2.37 bits per heavy atom. The third kappa shape index (κ3) is 3.24. The predicted octanol–water partition coefficient (Wildman–Crippen LogP) is 1.74. The van der Waals surface area contributed by atoms with E-state index in [4.69, 9.17) is 24.7 Å². The quantitative estimate of drug-likeness (QED) is 0.690. The van der Waals surface area contributed by atoms with E-state index in [1.165, 1.54) is 0 Å². The van der Waals surface area contributed by atoms with Crippen molar-refractivity contribution in [2.75, 3.05) is 21.3 Å². The van der Waals surface area contributed by atoms with Gasteiger partial charge in [0.25, 0.3) is 0 Å². The van der Waals surface area contributed by atoms with Gasteiger partial charge >= 0.3 is 0 Å². The van der Waals surface area contributed by atoms with Crippen LogP contribution in [0.1, 0.15) is 31.2 Å². The number of ether oxygens (including phenoxy) is 4. The highest BCUT2D eigenvalue weighted by molar-refractivity contribution is 5.56. The summed E-state index contributed by atoms with van der Waals surface area (Å²) in [6.07, 6.45) is 1.60. The van der Waals surface area contributed by atoms with Crippen LogP contribution in [-0.4, -0.2) is 33.6 Å². The van der Waals surface area contributed by atoms with Gasteiger partial charge in [0.05, 0.1) is 26.9 Å². The molecule has 8 heteroatoms. The average Bonchev–Trinajstić information content (AvgIpc) is 3.08. The molecule has 1 fully saturated rings. The van der Waals surface area contributed by atoms with E-state index in [9.17, 15) is 5.26 Å². The molecule has 0 aromatic heterocycles. The summed E-state index contributed by atoms with van der Waals surface area (Å²) in [5.41, 5.74) is 13.8. The zero-order valence-electron chi connectivity index (χ0n) is 16.0. The summed E-state index contributed by atoms with van der Waals surface area (Å²) in [4.78, 5) is 0. The summed E-state index contributed by atoms with van der Waals surface area (Å²) in [5, 5.41) is 9.81. The van der Waals surface area contributed by atoms with Crippen molar-refractivity contribution in [2.45, 2.75) is 38.0 Å². The molecule has 0 saturated carbocycles. The number of allylic oxidation sites excluding steroid dienone is 1. The van der Waals surface area contributed by atoms with Crippen LogP contribution >= 0.6 is 0 Å². The molecule has 2 aliphatic rings. The maximum absolute atomic E-state index is 9.81. The normalized spacial score (nSPS) is 26.8. The number of hydrazine groups is 1. The Kier molecular flexibility index (Phi) is 5.63. The summed E-state index contributed by atoms with van der Waals surface area (Å²) in [6.45, 7) is 2.13. The van der Waals surface area contributed by atoms with E-state index in [-0.39, 0.29) is 30.0 Å². The third-order valence-electron chi connectivity index (χ3n) is 5.23. The van der Waals surface area contributed by atoms with Crippen molar-refractivity contribution in [1.82, 2.24) is 10.9 Å². The number of fused-ring (bicyclic) bond motifs is 1. The van der Waals surface area contributed by atoms with E-state index >= 15 is 0 Å². The van der Waals surface area contributed by atoms with Crippen molar-refractivity contribution in [3.8, 4) is 23.3 Å². The van der Waals surface area contributed by atoms with E-state index < -0.39 is 0 Å². The zero-order valence-corrected chi connectivity index (χ0v) is 16.0. The van der Waals surface area contributed by atoms with Gasteiger partial charge in [0.15, 0.2) is 17.7 Å². The second kappa shape index (κ2) is 7.94. The van der Waals surface area contributed by atoms with Crippen LogP contribution in [-0.2, 0) is 4.74 Å². The Balaban J connectivity index is 2.18. The van der Waals surface area contributed by atoms with E-state index in [1.54, 1.807) is 27.4 Å². The lowest BCUT2D eigenvalue weighted by atomic mass is 9.74. The van der Waals surface area contributed by atoms with Gasteiger partial charge in [-0.25, -0.2) is 5.43 Å². The van der Waals surface area contributed by atoms with E-state index in [2.05, 4.69) is 23.8 Å². The first kappa shape index (κ1) is 19.1. The van der Waals surface area contributed by atoms with Crippen LogP contribution in [0.15, 0.2) is 23.6 Å². The highest BCUT2D eigenvalue weighted by Crippen LogP contribution is 2.48. The highest BCUT2D eigenvalue weighted by atomic mass is 16.5. The lowest BCUT2D eigenvalue weighted by Gasteiger charge is -2.36. The van der Waals surface area contributed by atoms with Gasteiger partial charge in [-0.3, -0.25) is 5.43 Å². The molecule has 2 aliphatic heterocycles. The molecular weight excluding hydrogens is 348 g/mol. The van der Waals surface area contributed by atoms with Gasteiger partial charge in [0.2, 0.25) is 5.88 Å². The molecule has 146 valence electrons. The summed E-state index contributed by atoms with van der Waals surface area (Å²) in [7, 11) is 4.74. The number of nitrogens with one attached hydrogen (secondary N) is 2. The van der Waals surface area contributed by atoms with Crippen LogP contribution in [0.25, 0.3) is 0 Å². The van der Waals surface area contributed by atoms with Gasteiger partial charge in [-0.15, -0.1) is 0 Å². The molecule has 4 unspecified atom stereocenters. The Morgan fingerprint density at radius 1 is 1.11 bits per heavy atom. The number of methoxy groups -OCH3 is 3. The molecule has 3 rings (SSSR count). The van der Waals surface area contributed by atoms with Crippen LogP contribution in [0.3, 0.4) is 0 Å². The molecule has 2 heterocycles. The summed E-state index contributed by atoms with van der Waals surface area (Å²) >= 11 is 0. The molecule has 0 bridgehead atoms. The molecule has 1 aromatic rings. The number of nitrogens with zero attached hydrogens (tertiary/aromatic N) is 1. The third-order valence-corrected chi connectivity index (χ3v) is 5.23. The fourth-order valence-electron chi connectivity index (χ4n) is 4.01. The van der Waals surface area contributed by atoms with Gasteiger partial charge in [-0.2, -0.15) is 5.26 Å². The monoisotopic (exact) mass is 374 g/mol. The molecule has 1 saturated heterocycles. The molecule has 0 aliphatic carbocycles. The van der Waals surface area contributed by atoms with Crippen molar-refractivity contribution in [1.29, 1.82) is 5.26 Å². The smallest absolute Gasteiger partial charge is 0.200 e. The fourth-order valence-corrected chi connectivity index (χ4v) is 4.01. The molecular formula is C19H26N4O4. The zero-order chi connectivity index (χ0) is 19.6. The van der Waals surface area contributed by atoms with Gasteiger partial charge in [-0.05, 0) is 12.5 Å². The molecule has 0 spiro atoms. The minimum atomic E-state index is -0.332. The second-order valence-corrected chi connectivity index (χ2v) is 6.62. The fraction of sp³-hybridized carbons (Fsp3) is 0.526. The van der Waals surface area contributed by atoms with Crippen molar-refractivity contribution >= 4 is 0 Å². The van der Waals surface area contributed by atoms with Gasteiger partial charge in [0, 0.05) is 29.5 Å². The van der Waals surface area contributed by atoms with Crippen molar-refractivity contribution in [3.05, 3.63) is 29.2 Å². The van der Waals surface area contributed by atoms with Crippen molar-refractivity contribution in [2.24, 2.45) is 11.7 Å². The van der Waals surface area contributed by atoms with Crippen molar-refractivity contribution < 1.29 is 18.9 Å². The number of nitriles is 1. The minimum absolute atomic E-state index is 0.0288. The highest BCUT2D eigenvalue weighted by Gasteiger charge is 2.49. The van der Waals surface area contributed by atoms with E-state index in [0.29, 0.717) is 22.8 Å². The van der Waals surface area contributed by atoms with E-state index in [1.807, 2.05) is 6.07 Å². The lowest BCUT2D eigenvalue weighted by Crippen LogP contribution is -2.41. The largest absolute Gasteiger partial charge is 0.496 e. The van der Waals surface area contributed by atoms with Crippen LogP contribution in [0.2, 0.25) is 0 Å². The summed E-state index contributed by atoms with van der Waals surface area (Å²) in [6, 6.07) is 6.00. The number of benzene rings is 1. The minimum Gasteiger partial charge on any atom is -0.496 e. The molecule has 8 nitrogen and oxygen atoms in total. The topological polar surface area (TPSA) is 111 Å². The molecule has 4 atom stereocenters. The first-order chi connectivity index (χ1) is 13.1. The maximum atomic E-state index is 9.81. The number of hydrogen-bond donors (Lipinski definition) is 3. The second-order valence-electron chi connectivity index (χ2n) is 6.62. The molecule has 27 heavy (non-hydrogen) atoms. The van der Waals surface area contributed by atoms with E-state index in [0.717, 1.165) is 18.4 Å². The molecule has 0 radical (unpaired) electrons. The maximum Gasteiger partial charge on any atom is 0.200 e. The van der Waals surface area contributed by atoms with Crippen LogP contribution < -0.4 is 30.8 Å². The summed E-state index contributed by atoms with van der Waals surface area (Å²) in [5.74, 6) is 1.54. The van der Waals surface area contributed by atoms with Gasteiger partial charge in [-0.1, -0.05) is 13.3 Å². The molecule has 4 N–H and O–H groups in total. The van der Waals surface area contributed by atoms with Gasteiger partial charge in [0.1, 0.15) is 11.8 Å². The van der Waals surface area contributed by atoms with Crippen LogP contribution in [0.4, 0.5) is 0 Å². The summed E-state index contributed by atoms with van der Waals surface area (Å²) < 4.78 is 22.3. The standard InChI is InChI=1S/C19H26N4O4/c1-5-6-12-17-16(11(9-20)18(21)27-19(17)23-22-12)10-7-14(25-3)15(26-4)8-13(10)24-2/h7-8,12,16-17,19,22-23H,5-6,21H2,1-4H3. The van der Waals surface area contributed by atoms with Crippen LogP contribution in [0.5, 0.6) is 17.2 Å². The Hall–Kier alpha value is -2.63. The molecule has 0 amide bonds. The number of nitrogens with two attached hydrogens (primary N) is 1. The van der Waals surface area contributed by atoms with Gasteiger partial charge < -0.3 is 24.7 Å². The first-order valence-corrected chi connectivity index (χ1v) is 8.96. The number of rotatable bonds is 6. The lowest BCUT2D eigenvalue weighted by molar-refractivity contribution is 0.0333. The molecule has 1 aromatic carbocycles. The first-order valence-electron chi connectivity index (χ1n) is 8.96. The number of hydrogen-bond acceptors (Lipinski definition) is 8. The average molecular weight is 374 g/mol. The van der Waals surface area contributed by atoms with Crippen molar-refractivity contribution in [3.63, 3.8) is 0 Å². The Morgan fingerprint density at radius 2 is 1.78 bits per heavy atom. The Labute approximate surface area is 159 Å². The Bertz CT molecular complexity index is 774. The SMILES string of the molecule is CCCC1NNC2OC(N)=C(C#N)C(c3cc(OC)c(OC)cc3OC)C12.